The van der Waals surface area contributed by atoms with E-state index in [1.54, 1.807) is 31.1 Å². The Morgan fingerprint density at radius 2 is 1.80 bits per heavy atom. The summed E-state index contributed by atoms with van der Waals surface area (Å²) in [5.74, 6) is -6.57. The van der Waals surface area contributed by atoms with Gasteiger partial charge >= 0.3 is 0 Å². The minimum atomic E-state index is -2.69. The number of carbonyl (C=O) groups is 3. The standard InChI is InChI=1S/C33H35N3O8/c1-36(2)27-21-13-17-12-20-19(23-11-8-18(44-23)15-35-14-16-6-4-3-5-7-16)9-10-22(37)25(20)28(38)24(17)30(40)33(21,43)31(41)26(29(27)39)32(34)42/h3-11,17,21,26-27,29,35,37-39,43H,12-15H2,1-2H3,(H2,34,42)/t17-,21-,26?,27?,29?,33-/m1/s1. The van der Waals surface area contributed by atoms with Crippen molar-refractivity contribution in [3.05, 3.63) is 82.6 Å². The molecule has 7 N–H and O–H groups in total. The number of aromatic hydroxyl groups is 1. The molecular weight excluding hydrogens is 566 g/mol. The Kier molecular flexibility index (Phi) is 7.45. The Morgan fingerprint density at radius 3 is 2.48 bits per heavy atom. The van der Waals surface area contributed by atoms with E-state index >= 15 is 0 Å². The molecule has 1 aromatic heterocycles. The Hall–Kier alpha value is -4.29. The van der Waals surface area contributed by atoms with E-state index in [0.29, 0.717) is 35.7 Å². The molecule has 6 rings (SSSR count). The van der Waals surface area contributed by atoms with Gasteiger partial charge in [-0.15, -0.1) is 0 Å². The zero-order valence-corrected chi connectivity index (χ0v) is 24.4. The monoisotopic (exact) mass is 601 g/mol. The number of phenols is 1. The van der Waals surface area contributed by atoms with Crippen LogP contribution in [0.1, 0.15) is 28.9 Å². The second-order valence-corrected chi connectivity index (χ2v) is 12.1. The van der Waals surface area contributed by atoms with E-state index in [1.807, 2.05) is 36.4 Å². The number of furan rings is 1. The fourth-order valence-corrected chi connectivity index (χ4v) is 7.38. The van der Waals surface area contributed by atoms with Gasteiger partial charge in [-0.3, -0.25) is 14.4 Å². The number of amides is 1. The summed E-state index contributed by atoms with van der Waals surface area (Å²) in [4.78, 5) is 41.3. The Labute approximate surface area is 253 Å². The van der Waals surface area contributed by atoms with Crippen LogP contribution in [-0.4, -0.2) is 74.6 Å². The number of phenolic OH excluding ortho intramolecular Hbond substituents is 1. The second-order valence-electron chi connectivity index (χ2n) is 12.1. The van der Waals surface area contributed by atoms with Gasteiger partial charge in [0.1, 0.15) is 28.9 Å². The number of fused-ring (bicyclic) bond motifs is 3. The molecule has 1 heterocycles. The average Bonchev–Trinajstić information content (AvgIpc) is 3.44. The molecule has 0 bridgehead atoms. The number of rotatable bonds is 7. The summed E-state index contributed by atoms with van der Waals surface area (Å²) >= 11 is 0. The third-order valence-electron chi connectivity index (χ3n) is 9.37. The van der Waals surface area contributed by atoms with Crippen LogP contribution in [-0.2, 0) is 33.9 Å². The van der Waals surface area contributed by atoms with Crippen LogP contribution in [0.5, 0.6) is 5.75 Å². The molecule has 2 fully saturated rings. The molecule has 0 spiro atoms. The van der Waals surface area contributed by atoms with E-state index in [1.165, 1.54) is 6.07 Å². The van der Waals surface area contributed by atoms with Crippen molar-refractivity contribution in [2.45, 2.75) is 43.7 Å². The molecule has 6 atom stereocenters. The first kappa shape index (κ1) is 29.8. The predicted octanol–water partition coefficient (Wildman–Crippen LogP) is 1.68. The lowest BCUT2D eigenvalue weighted by Gasteiger charge is -2.53. The maximum atomic E-state index is 14.0. The molecule has 2 saturated carbocycles. The van der Waals surface area contributed by atoms with Crippen LogP contribution in [0.4, 0.5) is 0 Å². The number of hydrogen-bond acceptors (Lipinski definition) is 10. The van der Waals surface area contributed by atoms with Crippen molar-refractivity contribution in [2.24, 2.45) is 23.5 Å². The molecule has 3 aromatic rings. The Bertz CT molecular complexity index is 1680. The summed E-state index contributed by atoms with van der Waals surface area (Å²) in [6.45, 7) is 1.12. The normalized spacial score (nSPS) is 28.1. The molecule has 3 aliphatic carbocycles. The summed E-state index contributed by atoms with van der Waals surface area (Å²) in [6, 6.07) is 15.7. The number of likely N-dealkylation sites (N-methyl/N-ethyl adjacent to an activating group) is 1. The van der Waals surface area contributed by atoms with Crippen molar-refractivity contribution in [3.63, 3.8) is 0 Å². The van der Waals surface area contributed by atoms with Gasteiger partial charge in [-0.2, -0.15) is 0 Å². The molecule has 0 radical (unpaired) electrons. The van der Waals surface area contributed by atoms with Crippen LogP contribution < -0.4 is 11.1 Å². The zero-order valence-electron chi connectivity index (χ0n) is 24.4. The van der Waals surface area contributed by atoms with Crippen LogP contribution >= 0.6 is 0 Å². The summed E-state index contributed by atoms with van der Waals surface area (Å²) < 4.78 is 6.14. The van der Waals surface area contributed by atoms with E-state index in [0.717, 1.165) is 5.56 Å². The van der Waals surface area contributed by atoms with Crippen LogP contribution in [0.3, 0.4) is 0 Å². The summed E-state index contributed by atoms with van der Waals surface area (Å²) in [5.41, 5.74) is 4.86. The van der Waals surface area contributed by atoms with Gasteiger partial charge in [-0.1, -0.05) is 30.3 Å². The van der Waals surface area contributed by atoms with Gasteiger partial charge in [-0.05, 0) is 68.2 Å². The highest BCUT2D eigenvalue weighted by atomic mass is 16.3. The maximum Gasteiger partial charge on any atom is 0.230 e. The van der Waals surface area contributed by atoms with E-state index in [2.05, 4.69) is 5.32 Å². The molecule has 11 heteroatoms. The SMILES string of the molecule is CN(C)C1C(O)C(C(N)=O)C(=O)[C@]2(O)C(=O)C3=C(O)c4c(O)ccc(-c5ccc(CNCc6ccccc6)o5)c4C[C@@H]3C[C@H]12. The Morgan fingerprint density at radius 1 is 1.07 bits per heavy atom. The lowest BCUT2D eigenvalue weighted by Crippen LogP contribution is -2.73. The predicted molar refractivity (Wildman–Crippen MR) is 159 cm³/mol. The van der Waals surface area contributed by atoms with Crippen molar-refractivity contribution < 1.29 is 39.2 Å². The van der Waals surface area contributed by atoms with Crippen LogP contribution in [0, 0.1) is 17.8 Å². The molecule has 0 aliphatic heterocycles. The third-order valence-corrected chi connectivity index (χ3v) is 9.37. The van der Waals surface area contributed by atoms with E-state index < -0.39 is 58.7 Å². The zero-order chi connectivity index (χ0) is 31.5. The first-order valence-electron chi connectivity index (χ1n) is 14.5. The molecule has 1 amide bonds. The van der Waals surface area contributed by atoms with Gasteiger partial charge in [-0.25, -0.2) is 0 Å². The van der Waals surface area contributed by atoms with Crippen molar-refractivity contribution >= 4 is 23.2 Å². The molecule has 230 valence electrons. The lowest BCUT2D eigenvalue weighted by atomic mass is 9.54. The fraction of sp³-hybridized carbons (Fsp3) is 0.364. The third kappa shape index (κ3) is 4.55. The van der Waals surface area contributed by atoms with E-state index in [9.17, 15) is 34.8 Å². The largest absolute Gasteiger partial charge is 0.507 e. The van der Waals surface area contributed by atoms with E-state index in [4.69, 9.17) is 10.2 Å². The van der Waals surface area contributed by atoms with Crippen molar-refractivity contribution in [1.29, 1.82) is 0 Å². The number of aliphatic hydroxyl groups excluding tert-OH is 2. The number of Topliss-reactive ketones (excluding diaryl/α,β-unsaturated/α-hetero) is 2. The number of nitrogens with one attached hydrogen (secondary N) is 1. The van der Waals surface area contributed by atoms with Crippen LogP contribution in [0.15, 0.2) is 64.6 Å². The fourth-order valence-electron chi connectivity index (χ4n) is 7.38. The minimum Gasteiger partial charge on any atom is -0.507 e. The molecule has 0 saturated heterocycles. The highest BCUT2D eigenvalue weighted by Crippen LogP contribution is 2.53. The Balaban J connectivity index is 1.36. The van der Waals surface area contributed by atoms with Crippen molar-refractivity contribution in [1.82, 2.24) is 10.2 Å². The number of primary amides is 1. The number of carbonyl (C=O) groups excluding carboxylic acids is 3. The van der Waals surface area contributed by atoms with Gasteiger partial charge in [0, 0.05) is 29.6 Å². The quantitative estimate of drug-likeness (QED) is 0.218. The maximum absolute atomic E-state index is 14.0. The van der Waals surface area contributed by atoms with Crippen molar-refractivity contribution in [3.8, 4) is 17.1 Å². The van der Waals surface area contributed by atoms with Gasteiger partial charge in [0.15, 0.2) is 11.4 Å². The number of nitrogens with two attached hydrogens (primary N) is 1. The van der Waals surface area contributed by atoms with Gasteiger partial charge in [0.05, 0.1) is 18.2 Å². The van der Waals surface area contributed by atoms with Crippen LogP contribution in [0.2, 0.25) is 0 Å². The second kappa shape index (κ2) is 11.0. The van der Waals surface area contributed by atoms with Gasteiger partial charge in [0.2, 0.25) is 11.7 Å². The number of ketones is 2. The lowest BCUT2D eigenvalue weighted by molar-refractivity contribution is -0.184. The average molecular weight is 602 g/mol. The number of nitrogens with zero attached hydrogens (tertiary/aromatic N) is 1. The number of aliphatic hydroxyl groups is 3. The number of benzene rings is 2. The highest BCUT2D eigenvalue weighted by Gasteiger charge is 2.67. The molecule has 44 heavy (non-hydrogen) atoms. The van der Waals surface area contributed by atoms with Gasteiger partial charge in [0.25, 0.3) is 0 Å². The molecule has 11 nitrogen and oxygen atoms in total. The molecular formula is C33H35N3O8. The summed E-state index contributed by atoms with van der Waals surface area (Å²) in [7, 11) is 3.23. The summed E-state index contributed by atoms with van der Waals surface area (Å²) in [6.07, 6.45) is -1.32. The first-order chi connectivity index (χ1) is 20.9. The molecule has 2 aromatic carbocycles. The smallest absolute Gasteiger partial charge is 0.230 e. The van der Waals surface area contributed by atoms with Crippen LogP contribution in [0.25, 0.3) is 17.1 Å². The van der Waals surface area contributed by atoms with Gasteiger partial charge < -0.3 is 40.8 Å². The highest BCUT2D eigenvalue weighted by molar-refractivity contribution is 6.25. The molecule has 3 unspecified atom stereocenters. The van der Waals surface area contributed by atoms with Crippen molar-refractivity contribution in [2.75, 3.05) is 14.1 Å². The molecule has 3 aliphatic rings. The number of hydrogen-bond donors (Lipinski definition) is 6. The minimum absolute atomic E-state index is 0.0169. The summed E-state index contributed by atoms with van der Waals surface area (Å²) in [5, 5.41) is 48.5. The first-order valence-corrected chi connectivity index (χ1v) is 14.5. The van der Waals surface area contributed by atoms with E-state index in [-0.39, 0.29) is 29.7 Å². The topological polar surface area (TPSA) is 187 Å².